The van der Waals surface area contributed by atoms with Crippen LogP contribution in [0.3, 0.4) is 0 Å². The topological polar surface area (TPSA) is 35.6 Å². The molecule has 0 bridgehead atoms. The van der Waals surface area contributed by atoms with E-state index in [1.807, 2.05) is 0 Å². The number of hydrogen-bond donors (Lipinski definition) is 1. The molecule has 2 aliphatic rings. The van der Waals surface area contributed by atoms with Gasteiger partial charge in [-0.3, -0.25) is 4.90 Å². The molecule has 2 aliphatic heterocycles. The summed E-state index contributed by atoms with van der Waals surface area (Å²) in [7, 11) is 0. The second-order valence-electron chi connectivity index (χ2n) is 6.14. The Bertz CT molecular complexity index is 576. The van der Waals surface area contributed by atoms with Crippen LogP contribution in [-0.2, 0) is 6.18 Å². The minimum atomic E-state index is -4.41. The van der Waals surface area contributed by atoms with Crippen LogP contribution in [0, 0.1) is 0 Å². The Balaban J connectivity index is 1.66. The highest BCUT2D eigenvalue weighted by Gasteiger charge is 2.32. The molecule has 7 heteroatoms. The maximum Gasteiger partial charge on any atom is 0.416 e. The zero-order valence-corrected chi connectivity index (χ0v) is 12.8. The van der Waals surface area contributed by atoms with Crippen LogP contribution in [0.2, 0.25) is 0 Å². The second kappa shape index (κ2) is 6.39. The summed E-state index contributed by atoms with van der Waals surface area (Å²) >= 11 is 0. The van der Waals surface area contributed by atoms with E-state index in [1.165, 1.54) is 12.1 Å². The highest BCUT2D eigenvalue weighted by atomic mass is 19.4. The first-order valence-corrected chi connectivity index (χ1v) is 7.91. The van der Waals surface area contributed by atoms with Crippen LogP contribution in [0.4, 0.5) is 23.7 Å². The Labute approximate surface area is 133 Å². The molecule has 0 radical (unpaired) electrons. The third-order valence-corrected chi connectivity index (χ3v) is 4.53. The number of carbonyl (C=O) groups excluding carboxylic acids is 1. The SMILES string of the molecule is O=C(Nc1cccc(C(F)(F)F)c1)N1CCCN2CCC[C@H]2C1. The van der Waals surface area contributed by atoms with Crippen molar-refractivity contribution >= 4 is 11.7 Å². The van der Waals surface area contributed by atoms with Crippen molar-refractivity contribution in [2.24, 2.45) is 0 Å². The van der Waals surface area contributed by atoms with Gasteiger partial charge in [0.25, 0.3) is 0 Å². The summed E-state index contributed by atoms with van der Waals surface area (Å²) in [6.07, 6.45) is -1.29. The molecule has 0 aliphatic carbocycles. The van der Waals surface area contributed by atoms with Crippen LogP contribution in [0.25, 0.3) is 0 Å². The second-order valence-corrected chi connectivity index (χ2v) is 6.14. The van der Waals surface area contributed by atoms with Crippen molar-refractivity contribution in [3.05, 3.63) is 29.8 Å². The van der Waals surface area contributed by atoms with E-state index in [4.69, 9.17) is 0 Å². The van der Waals surface area contributed by atoms with Gasteiger partial charge in [0.05, 0.1) is 5.56 Å². The Kier molecular flexibility index (Phi) is 4.48. The first kappa shape index (κ1) is 16.1. The van der Waals surface area contributed by atoms with Crippen molar-refractivity contribution in [2.75, 3.05) is 31.5 Å². The number of nitrogens with zero attached hydrogens (tertiary/aromatic N) is 2. The van der Waals surface area contributed by atoms with Crippen molar-refractivity contribution in [1.29, 1.82) is 0 Å². The molecule has 0 unspecified atom stereocenters. The number of carbonyl (C=O) groups is 1. The third kappa shape index (κ3) is 3.77. The maximum atomic E-state index is 12.7. The number of alkyl halides is 3. The number of urea groups is 1. The van der Waals surface area contributed by atoms with Gasteiger partial charge >= 0.3 is 12.2 Å². The van der Waals surface area contributed by atoms with Crippen LogP contribution in [0.1, 0.15) is 24.8 Å². The normalized spacial score (nSPS) is 22.6. The molecule has 0 spiro atoms. The van der Waals surface area contributed by atoms with E-state index in [2.05, 4.69) is 10.2 Å². The van der Waals surface area contributed by atoms with Gasteiger partial charge in [-0.05, 0) is 44.0 Å². The lowest BCUT2D eigenvalue weighted by molar-refractivity contribution is -0.137. The highest BCUT2D eigenvalue weighted by Crippen LogP contribution is 2.30. The summed E-state index contributed by atoms with van der Waals surface area (Å²) in [5.41, 5.74) is -0.578. The van der Waals surface area contributed by atoms with Gasteiger partial charge in [0, 0.05) is 31.4 Å². The van der Waals surface area contributed by atoms with Gasteiger partial charge in [0.15, 0.2) is 0 Å². The number of rotatable bonds is 1. The predicted molar refractivity (Wildman–Crippen MR) is 81.2 cm³/mol. The fourth-order valence-corrected chi connectivity index (χ4v) is 3.37. The van der Waals surface area contributed by atoms with Crippen molar-refractivity contribution in [3.8, 4) is 0 Å². The predicted octanol–water partition coefficient (Wildman–Crippen LogP) is 3.41. The summed E-state index contributed by atoms with van der Waals surface area (Å²) in [6.45, 7) is 3.34. The standard InChI is InChI=1S/C16H20F3N3O/c17-16(18,19)12-4-1-5-13(10-12)20-15(23)22-9-3-8-21-7-2-6-14(21)11-22/h1,4-5,10,14H,2-3,6-9,11H2,(H,20,23)/t14-/m0/s1. The molecule has 2 saturated heterocycles. The molecule has 2 amide bonds. The van der Waals surface area contributed by atoms with Crippen LogP contribution < -0.4 is 5.32 Å². The van der Waals surface area contributed by atoms with E-state index in [9.17, 15) is 18.0 Å². The monoisotopic (exact) mass is 327 g/mol. The molecule has 23 heavy (non-hydrogen) atoms. The molecule has 0 saturated carbocycles. The summed E-state index contributed by atoms with van der Waals surface area (Å²) in [6, 6.07) is 4.81. The quantitative estimate of drug-likeness (QED) is 0.858. The molecule has 0 aromatic heterocycles. The fourth-order valence-electron chi connectivity index (χ4n) is 3.37. The molecule has 126 valence electrons. The molecule has 1 atom stereocenters. The van der Waals surface area contributed by atoms with Crippen molar-refractivity contribution in [3.63, 3.8) is 0 Å². The number of benzene rings is 1. The summed E-state index contributed by atoms with van der Waals surface area (Å²) in [4.78, 5) is 16.5. The molecule has 3 rings (SSSR count). The lowest BCUT2D eigenvalue weighted by Gasteiger charge is -2.26. The average Bonchev–Trinajstić information content (AvgIpc) is 2.83. The summed E-state index contributed by atoms with van der Waals surface area (Å²) in [5, 5.41) is 2.60. The largest absolute Gasteiger partial charge is 0.416 e. The van der Waals surface area contributed by atoms with Crippen LogP contribution in [0.5, 0.6) is 0 Å². The Morgan fingerprint density at radius 2 is 1.96 bits per heavy atom. The fraction of sp³-hybridized carbons (Fsp3) is 0.562. The summed E-state index contributed by atoms with van der Waals surface area (Å²) in [5.74, 6) is 0. The molecule has 2 fully saturated rings. The number of fused-ring (bicyclic) bond motifs is 1. The van der Waals surface area contributed by atoms with E-state index in [0.717, 1.165) is 44.5 Å². The molecular weight excluding hydrogens is 307 g/mol. The number of amides is 2. The molecular formula is C16H20F3N3O. The van der Waals surface area contributed by atoms with E-state index < -0.39 is 11.7 Å². The molecule has 1 aromatic rings. The van der Waals surface area contributed by atoms with Gasteiger partial charge in [-0.25, -0.2) is 4.79 Å². The van der Waals surface area contributed by atoms with Gasteiger partial charge in [0.2, 0.25) is 0 Å². The Hall–Kier alpha value is -1.76. The number of halogens is 3. The van der Waals surface area contributed by atoms with Gasteiger partial charge in [-0.2, -0.15) is 13.2 Å². The molecule has 1 N–H and O–H groups in total. The van der Waals surface area contributed by atoms with Crippen LogP contribution >= 0.6 is 0 Å². The number of anilines is 1. The Morgan fingerprint density at radius 1 is 1.17 bits per heavy atom. The summed E-state index contributed by atoms with van der Waals surface area (Å²) < 4.78 is 38.2. The van der Waals surface area contributed by atoms with Crippen molar-refractivity contribution in [2.45, 2.75) is 31.5 Å². The molecule has 1 aromatic carbocycles. The molecule has 4 nitrogen and oxygen atoms in total. The van der Waals surface area contributed by atoms with Gasteiger partial charge in [-0.15, -0.1) is 0 Å². The molecule has 2 heterocycles. The Morgan fingerprint density at radius 3 is 2.74 bits per heavy atom. The maximum absolute atomic E-state index is 12.7. The van der Waals surface area contributed by atoms with E-state index >= 15 is 0 Å². The minimum absolute atomic E-state index is 0.178. The van der Waals surface area contributed by atoms with Crippen molar-refractivity contribution in [1.82, 2.24) is 9.80 Å². The van der Waals surface area contributed by atoms with Gasteiger partial charge in [0.1, 0.15) is 0 Å². The van der Waals surface area contributed by atoms with Crippen LogP contribution in [0.15, 0.2) is 24.3 Å². The first-order chi connectivity index (χ1) is 10.9. The van der Waals surface area contributed by atoms with Crippen LogP contribution in [-0.4, -0.2) is 48.1 Å². The van der Waals surface area contributed by atoms with Crippen molar-refractivity contribution < 1.29 is 18.0 Å². The number of hydrogen-bond acceptors (Lipinski definition) is 2. The zero-order valence-electron chi connectivity index (χ0n) is 12.8. The smallest absolute Gasteiger partial charge is 0.323 e. The lowest BCUT2D eigenvalue weighted by atomic mass is 10.2. The lowest BCUT2D eigenvalue weighted by Crippen LogP contribution is -2.41. The van der Waals surface area contributed by atoms with E-state index in [-0.39, 0.29) is 11.7 Å². The minimum Gasteiger partial charge on any atom is -0.323 e. The first-order valence-electron chi connectivity index (χ1n) is 7.91. The van der Waals surface area contributed by atoms with Gasteiger partial charge < -0.3 is 10.2 Å². The van der Waals surface area contributed by atoms with E-state index in [1.54, 1.807) is 4.90 Å². The zero-order chi connectivity index (χ0) is 16.4. The average molecular weight is 327 g/mol. The van der Waals surface area contributed by atoms with E-state index in [0.29, 0.717) is 19.1 Å². The highest BCUT2D eigenvalue weighted by molar-refractivity contribution is 5.89. The third-order valence-electron chi connectivity index (χ3n) is 4.53. The van der Waals surface area contributed by atoms with Gasteiger partial charge in [-0.1, -0.05) is 6.07 Å². The number of nitrogens with one attached hydrogen (secondary N) is 1.